The van der Waals surface area contributed by atoms with Crippen LogP contribution in [0.1, 0.15) is 5.56 Å². The molecule has 0 saturated heterocycles. The summed E-state index contributed by atoms with van der Waals surface area (Å²) in [6, 6.07) is 6.17. The maximum Gasteiger partial charge on any atom is 0.460 e. The fourth-order valence-electron chi connectivity index (χ4n) is 1.80. The number of benzene rings is 1. The van der Waals surface area contributed by atoms with Gasteiger partial charge in [0.15, 0.2) is 0 Å². The first kappa shape index (κ1) is 24.8. The summed E-state index contributed by atoms with van der Waals surface area (Å²) in [6.07, 6.45) is -7.50. The predicted octanol–water partition coefficient (Wildman–Crippen LogP) is 5.04. The van der Waals surface area contributed by atoms with Crippen LogP contribution in [0.3, 0.4) is 0 Å². The van der Waals surface area contributed by atoms with Gasteiger partial charge in [-0.15, -0.1) is 0 Å². The smallest absolute Gasteiger partial charge is 0.347 e. The fourth-order valence-corrected chi connectivity index (χ4v) is 1.80. The van der Waals surface area contributed by atoms with Crippen molar-refractivity contribution in [2.24, 2.45) is 0 Å². The van der Waals surface area contributed by atoms with Crippen LogP contribution in [0.2, 0.25) is 0 Å². The molecule has 29 heavy (non-hydrogen) atoms. The van der Waals surface area contributed by atoms with Gasteiger partial charge >= 0.3 is 35.8 Å². The van der Waals surface area contributed by atoms with Crippen LogP contribution in [0.25, 0.3) is 0 Å². The van der Waals surface area contributed by atoms with Gasteiger partial charge < -0.3 is 5.32 Å². The number of carbonyl (C=O) groups excluding carboxylic acids is 1. The first-order valence-electron chi connectivity index (χ1n) is 7.03. The molecule has 0 heterocycles. The quantitative estimate of drug-likeness (QED) is 0.576. The number of hydrogen-bond donors (Lipinski definition) is 1. The third-order valence-corrected chi connectivity index (χ3v) is 3.51. The lowest BCUT2D eigenvalue weighted by Gasteiger charge is -2.39. The molecule has 1 N–H and O–H groups in total. The zero-order chi connectivity index (χ0) is 23.1. The van der Waals surface area contributed by atoms with Crippen LogP contribution in [-0.2, 0) is 11.3 Å². The van der Waals surface area contributed by atoms with Crippen molar-refractivity contribution in [2.75, 3.05) is 0 Å². The largest absolute Gasteiger partial charge is 0.460 e. The summed E-state index contributed by atoms with van der Waals surface area (Å²) < 4.78 is 168. The molecule has 0 saturated carbocycles. The van der Waals surface area contributed by atoms with Crippen molar-refractivity contribution in [2.45, 2.75) is 42.3 Å². The van der Waals surface area contributed by atoms with Crippen molar-refractivity contribution in [1.82, 2.24) is 5.32 Å². The van der Waals surface area contributed by atoms with Crippen molar-refractivity contribution in [1.29, 1.82) is 0 Å². The first-order chi connectivity index (χ1) is 12.7. The molecule has 2 nitrogen and oxygen atoms in total. The van der Waals surface area contributed by atoms with E-state index in [1.165, 1.54) is 18.2 Å². The van der Waals surface area contributed by atoms with Gasteiger partial charge in [0.2, 0.25) is 0 Å². The van der Waals surface area contributed by atoms with Crippen LogP contribution < -0.4 is 5.32 Å². The van der Waals surface area contributed by atoms with E-state index in [0.717, 1.165) is 17.4 Å². The Morgan fingerprint density at radius 2 is 1.07 bits per heavy atom. The zero-order valence-corrected chi connectivity index (χ0v) is 13.4. The summed E-state index contributed by atoms with van der Waals surface area (Å²) in [7, 11) is 0. The van der Waals surface area contributed by atoms with Crippen LogP contribution in [-0.4, -0.2) is 41.7 Å². The standard InChI is InChI=1S/C14H8F13NO/c15-9(16,8(29)28-6-7-4-2-1-3-5-7)10(17,18)11(19,20)12(21,22)13(23,24)14(25,26)27/h1-5H,6H2,(H,28,29). The monoisotopic (exact) mass is 453 g/mol. The molecular formula is C14H8F13NO. The van der Waals surface area contributed by atoms with E-state index in [2.05, 4.69) is 0 Å². The van der Waals surface area contributed by atoms with Crippen molar-refractivity contribution in [3.05, 3.63) is 35.9 Å². The Morgan fingerprint density at radius 1 is 0.655 bits per heavy atom. The van der Waals surface area contributed by atoms with Gasteiger partial charge in [0.25, 0.3) is 5.91 Å². The van der Waals surface area contributed by atoms with Crippen molar-refractivity contribution < 1.29 is 61.9 Å². The first-order valence-corrected chi connectivity index (χ1v) is 7.03. The van der Waals surface area contributed by atoms with Gasteiger partial charge in [0, 0.05) is 6.54 Å². The SMILES string of the molecule is O=C(NCc1ccccc1)C(F)(F)C(F)(F)C(F)(F)C(F)(F)C(F)(F)C(F)(F)F. The summed E-state index contributed by atoms with van der Waals surface area (Å²) in [5.74, 6) is -41.6. The van der Waals surface area contributed by atoms with Crippen molar-refractivity contribution in [3.63, 3.8) is 0 Å². The van der Waals surface area contributed by atoms with Crippen LogP contribution in [0.4, 0.5) is 57.1 Å². The molecule has 0 atom stereocenters. The number of nitrogens with one attached hydrogen (secondary N) is 1. The van der Waals surface area contributed by atoms with E-state index in [4.69, 9.17) is 0 Å². The van der Waals surface area contributed by atoms with E-state index in [1.807, 2.05) is 0 Å². The van der Waals surface area contributed by atoms with Crippen molar-refractivity contribution >= 4 is 5.91 Å². The van der Waals surface area contributed by atoms with Crippen LogP contribution in [0.5, 0.6) is 0 Å². The van der Waals surface area contributed by atoms with Crippen LogP contribution in [0.15, 0.2) is 30.3 Å². The summed E-state index contributed by atoms with van der Waals surface area (Å²) >= 11 is 0. The van der Waals surface area contributed by atoms with E-state index in [-0.39, 0.29) is 5.56 Å². The highest BCUT2D eigenvalue weighted by Crippen LogP contribution is 2.60. The minimum absolute atomic E-state index is 0.0549. The van der Waals surface area contributed by atoms with E-state index in [9.17, 15) is 61.9 Å². The molecule has 0 radical (unpaired) electrons. The van der Waals surface area contributed by atoms with E-state index in [0.29, 0.717) is 0 Å². The minimum Gasteiger partial charge on any atom is -0.347 e. The molecule has 166 valence electrons. The molecule has 0 fully saturated rings. The molecule has 0 aliphatic carbocycles. The molecule has 0 aliphatic heterocycles. The van der Waals surface area contributed by atoms with Gasteiger partial charge in [-0.3, -0.25) is 4.79 Å². The van der Waals surface area contributed by atoms with Gasteiger partial charge in [0.1, 0.15) is 0 Å². The Morgan fingerprint density at radius 3 is 1.48 bits per heavy atom. The molecule has 0 aliphatic rings. The molecule has 0 spiro atoms. The highest BCUT2D eigenvalue weighted by Gasteiger charge is 2.91. The molecule has 1 rings (SSSR count). The molecular weight excluding hydrogens is 445 g/mol. The Balaban J connectivity index is 3.25. The third kappa shape index (κ3) is 3.82. The number of amides is 1. The predicted molar refractivity (Wildman–Crippen MR) is 69.1 cm³/mol. The Labute approximate surface area is 152 Å². The third-order valence-electron chi connectivity index (χ3n) is 3.51. The molecule has 1 amide bonds. The molecule has 1 aromatic carbocycles. The lowest BCUT2D eigenvalue weighted by atomic mass is 9.93. The Bertz CT molecular complexity index is 727. The van der Waals surface area contributed by atoms with Crippen LogP contribution >= 0.6 is 0 Å². The molecule has 0 unspecified atom stereocenters. The van der Waals surface area contributed by atoms with E-state index >= 15 is 0 Å². The van der Waals surface area contributed by atoms with Crippen LogP contribution in [0, 0.1) is 0 Å². The van der Waals surface area contributed by atoms with Gasteiger partial charge in [-0.2, -0.15) is 57.1 Å². The second-order valence-corrected chi connectivity index (χ2v) is 5.54. The topological polar surface area (TPSA) is 29.1 Å². The highest BCUT2D eigenvalue weighted by molar-refractivity contribution is 5.84. The number of carbonyl (C=O) groups is 1. The normalized spacial score (nSPS) is 14.7. The Kier molecular flexibility index (Phi) is 6.19. The number of alkyl halides is 13. The van der Waals surface area contributed by atoms with E-state index < -0.39 is 48.2 Å². The zero-order valence-electron chi connectivity index (χ0n) is 13.4. The van der Waals surface area contributed by atoms with Crippen molar-refractivity contribution in [3.8, 4) is 0 Å². The number of hydrogen-bond acceptors (Lipinski definition) is 1. The fraction of sp³-hybridized carbons (Fsp3) is 0.500. The maximum atomic E-state index is 13.5. The molecule has 1 aromatic rings. The summed E-state index contributed by atoms with van der Waals surface area (Å²) in [6.45, 7) is -1.01. The number of rotatable bonds is 7. The lowest BCUT2D eigenvalue weighted by molar-refractivity contribution is -0.436. The maximum absolute atomic E-state index is 13.5. The molecule has 0 aromatic heterocycles. The average Bonchev–Trinajstić information content (AvgIpc) is 2.58. The molecule has 15 heteroatoms. The summed E-state index contributed by atoms with van der Waals surface area (Å²) in [5.41, 5.74) is -0.0549. The average molecular weight is 453 g/mol. The minimum atomic E-state index is -8.04. The second kappa shape index (κ2) is 7.23. The summed E-state index contributed by atoms with van der Waals surface area (Å²) in [4.78, 5) is 11.2. The van der Waals surface area contributed by atoms with Gasteiger partial charge in [-0.25, -0.2) is 0 Å². The Hall–Kier alpha value is -2.22. The highest BCUT2D eigenvalue weighted by atomic mass is 19.4. The summed E-state index contributed by atoms with van der Waals surface area (Å²) in [5, 5.41) is 0.981. The van der Waals surface area contributed by atoms with Gasteiger partial charge in [-0.05, 0) is 5.56 Å². The second-order valence-electron chi connectivity index (χ2n) is 5.54. The van der Waals surface area contributed by atoms with Gasteiger partial charge in [0.05, 0.1) is 0 Å². The lowest BCUT2D eigenvalue weighted by Crippen LogP contribution is -2.71. The van der Waals surface area contributed by atoms with Gasteiger partial charge in [-0.1, -0.05) is 30.3 Å². The van der Waals surface area contributed by atoms with E-state index in [1.54, 1.807) is 0 Å². The number of halogens is 13. The molecule has 0 bridgehead atoms.